The van der Waals surface area contributed by atoms with Crippen molar-refractivity contribution in [2.24, 2.45) is 0 Å². The molecule has 31 heavy (non-hydrogen) atoms. The number of anilines is 2. The lowest BCUT2D eigenvalue weighted by Crippen LogP contribution is -2.04. The van der Waals surface area contributed by atoms with Gasteiger partial charge in [-0.2, -0.15) is 0 Å². The van der Waals surface area contributed by atoms with Crippen LogP contribution in [0.25, 0.3) is 10.9 Å². The quantitative estimate of drug-likeness (QED) is 0.258. The van der Waals surface area contributed by atoms with Crippen molar-refractivity contribution in [1.82, 2.24) is 4.98 Å². The molecule has 2 aromatic carbocycles. The van der Waals surface area contributed by atoms with E-state index in [-0.39, 0.29) is 5.97 Å². The normalized spacial score (nSPS) is 10.8. The highest BCUT2D eigenvalue weighted by molar-refractivity contribution is 6.42. The number of carbonyl (C=O) groups is 1. The number of ether oxygens (including phenoxy) is 2. The number of aryl methyl sites for hydroxylation is 1. The second-order valence-corrected chi connectivity index (χ2v) is 8.02. The summed E-state index contributed by atoms with van der Waals surface area (Å²) in [5.41, 5.74) is 3.55. The van der Waals surface area contributed by atoms with Crippen LogP contribution in [0, 0.1) is 6.92 Å². The van der Waals surface area contributed by atoms with Crippen molar-refractivity contribution in [3.63, 3.8) is 0 Å². The fourth-order valence-corrected chi connectivity index (χ4v) is 3.53. The summed E-state index contributed by atoms with van der Waals surface area (Å²) in [6.45, 7) is 4.79. The molecule has 1 heterocycles. The van der Waals surface area contributed by atoms with Crippen molar-refractivity contribution in [2.45, 2.75) is 39.5 Å². The first-order chi connectivity index (χ1) is 15.0. The standard InChI is InChI=1S/C24H26Cl2N2O3/c1-3-30-24(29)7-5-4-6-12-31-18-9-11-22-19(15-18)23(13-16(2)27-22)28-17-8-10-20(25)21(26)14-17/h8-11,13-15H,3-7,12H2,1-2H3,(H,27,28). The van der Waals surface area contributed by atoms with Crippen molar-refractivity contribution < 1.29 is 14.3 Å². The molecule has 0 saturated heterocycles. The van der Waals surface area contributed by atoms with E-state index >= 15 is 0 Å². The summed E-state index contributed by atoms with van der Waals surface area (Å²) < 4.78 is 10.9. The van der Waals surface area contributed by atoms with Gasteiger partial charge in [0.25, 0.3) is 0 Å². The number of hydrogen-bond acceptors (Lipinski definition) is 5. The van der Waals surface area contributed by atoms with Gasteiger partial charge in [-0.25, -0.2) is 0 Å². The van der Waals surface area contributed by atoms with E-state index in [0.717, 1.165) is 53.0 Å². The highest BCUT2D eigenvalue weighted by Crippen LogP contribution is 2.32. The number of halogens is 2. The number of carbonyl (C=O) groups excluding carboxylic acids is 1. The monoisotopic (exact) mass is 460 g/mol. The molecule has 0 atom stereocenters. The van der Waals surface area contributed by atoms with Crippen molar-refractivity contribution >= 4 is 51.4 Å². The second kappa shape index (κ2) is 11.2. The third-order valence-electron chi connectivity index (χ3n) is 4.71. The highest BCUT2D eigenvalue weighted by Gasteiger charge is 2.08. The molecule has 3 aromatic rings. The number of nitrogens with zero attached hydrogens (tertiary/aromatic N) is 1. The molecule has 0 radical (unpaired) electrons. The van der Waals surface area contributed by atoms with E-state index < -0.39 is 0 Å². The molecule has 0 saturated carbocycles. The van der Waals surface area contributed by atoms with E-state index in [2.05, 4.69) is 10.3 Å². The van der Waals surface area contributed by atoms with Gasteiger partial charge in [-0.05, 0) is 75.6 Å². The van der Waals surface area contributed by atoms with Crippen molar-refractivity contribution in [3.8, 4) is 5.75 Å². The summed E-state index contributed by atoms with van der Waals surface area (Å²) in [5.74, 6) is 0.642. The Hall–Kier alpha value is -2.50. The van der Waals surface area contributed by atoms with Gasteiger partial charge in [0.1, 0.15) is 5.75 Å². The maximum Gasteiger partial charge on any atom is 0.305 e. The Morgan fingerprint density at radius 1 is 1.03 bits per heavy atom. The van der Waals surface area contributed by atoms with Crippen LogP contribution in [0.15, 0.2) is 42.5 Å². The van der Waals surface area contributed by atoms with Gasteiger partial charge in [-0.3, -0.25) is 9.78 Å². The molecule has 0 bridgehead atoms. The fraction of sp³-hybridized carbons (Fsp3) is 0.333. The second-order valence-electron chi connectivity index (χ2n) is 7.21. The lowest BCUT2D eigenvalue weighted by atomic mass is 10.1. The summed E-state index contributed by atoms with van der Waals surface area (Å²) >= 11 is 12.2. The van der Waals surface area contributed by atoms with Crippen LogP contribution in [0.1, 0.15) is 38.3 Å². The molecule has 5 nitrogen and oxygen atoms in total. The number of rotatable bonds is 10. The molecule has 0 aliphatic carbocycles. The number of nitrogens with one attached hydrogen (secondary N) is 1. The van der Waals surface area contributed by atoms with Gasteiger partial charge < -0.3 is 14.8 Å². The van der Waals surface area contributed by atoms with Crippen LogP contribution in [0.2, 0.25) is 10.0 Å². The molecule has 164 valence electrons. The predicted molar refractivity (Wildman–Crippen MR) is 127 cm³/mol. The molecule has 0 spiro atoms. The number of unbranched alkanes of at least 4 members (excludes halogenated alkanes) is 2. The summed E-state index contributed by atoms with van der Waals surface area (Å²) in [6, 6.07) is 13.3. The van der Waals surface area contributed by atoms with Gasteiger partial charge in [-0.15, -0.1) is 0 Å². The molecule has 0 fully saturated rings. The molecule has 0 aliphatic rings. The summed E-state index contributed by atoms with van der Waals surface area (Å²) in [6.07, 6.45) is 3.05. The lowest BCUT2D eigenvalue weighted by molar-refractivity contribution is -0.143. The largest absolute Gasteiger partial charge is 0.494 e. The van der Waals surface area contributed by atoms with Crippen LogP contribution < -0.4 is 10.1 Å². The molecular weight excluding hydrogens is 435 g/mol. The van der Waals surface area contributed by atoms with Gasteiger partial charge in [-0.1, -0.05) is 23.2 Å². The topological polar surface area (TPSA) is 60.5 Å². The number of pyridine rings is 1. The van der Waals surface area contributed by atoms with Gasteiger partial charge in [0.15, 0.2) is 0 Å². The van der Waals surface area contributed by atoms with Crippen molar-refractivity contribution in [2.75, 3.05) is 18.5 Å². The zero-order valence-corrected chi connectivity index (χ0v) is 19.2. The van der Waals surface area contributed by atoms with E-state index in [1.54, 1.807) is 12.1 Å². The minimum absolute atomic E-state index is 0.136. The number of esters is 1. The van der Waals surface area contributed by atoms with E-state index in [1.165, 1.54) is 0 Å². The van der Waals surface area contributed by atoms with Crippen LogP contribution >= 0.6 is 23.2 Å². The van der Waals surface area contributed by atoms with Crippen LogP contribution in [0.4, 0.5) is 11.4 Å². The first-order valence-corrected chi connectivity index (χ1v) is 11.1. The Kier molecular flexibility index (Phi) is 8.38. The molecule has 1 aromatic heterocycles. The molecular formula is C24H26Cl2N2O3. The third kappa shape index (κ3) is 6.74. The highest BCUT2D eigenvalue weighted by atomic mass is 35.5. The third-order valence-corrected chi connectivity index (χ3v) is 5.45. The first-order valence-electron chi connectivity index (χ1n) is 10.4. The Morgan fingerprint density at radius 2 is 1.87 bits per heavy atom. The van der Waals surface area contributed by atoms with Crippen LogP contribution in [-0.4, -0.2) is 24.2 Å². The Labute approximate surface area is 192 Å². The fourth-order valence-electron chi connectivity index (χ4n) is 3.23. The average Bonchev–Trinajstić information content (AvgIpc) is 2.73. The Bertz CT molecular complexity index is 1060. The number of fused-ring (bicyclic) bond motifs is 1. The Morgan fingerprint density at radius 3 is 2.65 bits per heavy atom. The maximum atomic E-state index is 11.4. The van der Waals surface area contributed by atoms with Crippen LogP contribution in [0.3, 0.4) is 0 Å². The van der Waals surface area contributed by atoms with Gasteiger partial charge >= 0.3 is 5.97 Å². The zero-order valence-electron chi connectivity index (χ0n) is 17.7. The predicted octanol–water partition coefficient (Wildman–Crippen LogP) is 7.10. The molecule has 0 unspecified atom stereocenters. The number of hydrogen-bond donors (Lipinski definition) is 1. The molecule has 0 amide bonds. The van der Waals surface area contributed by atoms with Crippen molar-refractivity contribution in [3.05, 3.63) is 58.2 Å². The smallest absolute Gasteiger partial charge is 0.305 e. The molecule has 3 rings (SSSR count). The number of aromatic nitrogens is 1. The Balaban J connectivity index is 1.65. The van der Waals surface area contributed by atoms with Gasteiger partial charge in [0.05, 0.1) is 28.8 Å². The molecule has 7 heteroatoms. The summed E-state index contributed by atoms with van der Waals surface area (Å²) in [7, 11) is 0. The lowest BCUT2D eigenvalue weighted by Gasteiger charge is -2.13. The van der Waals surface area contributed by atoms with Gasteiger partial charge in [0, 0.05) is 28.9 Å². The van der Waals surface area contributed by atoms with Crippen LogP contribution in [0.5, 0.6) is 5.75 Å². The SMILES string of the molecule is CCOC(=O)CCCCCOc1ccc2nc(C)cc(Nc3ccc(Cl)c(Cl)c3)c2c1. The molecule has 0 aliphatic heterocycles. The van der Waals surface area contributed by atoms with E-state index in [9.17, 15) is 4.79 Å². The van der Waals surface area contributed by atoms with Crippen molar-refractivity contribution in [1.29, 1.82) is 0 Å². The molecule has 1 N–H and O–H groups in total. The summed E-state index contributed by atoms with van der Waals surface area (Å²) in [5, 5.41) is 5.37. The average molecular weight is 461 g/mol. The van der Waals surface area contributed by atoms with E-state index in [1.807, 2.05) is 44.2 Å². The first kappa shape index (κ1) is 23.2. The minimum atomic E-state index is -0.136. The zero-order chi connectivity index (χ0) is 22.2. The van der Waals surface area contributed by atoms with E-state index in [0.29, 0.717) is 29.7 Å². The van der Waals surface area contributed by atoms with E-state index in [4.69, 9.17) is 32.7 Å². The number of benzene rings is 2. The van der Waals surface area contributed by atoms with Gasteiger partial charge in [0.2, 0.25) is 0 Å². The maximum absolute atomic E-state index is 11.4. The minimum Gasteiger partial charge on any atom is -0.494 e. The summed E-state index contributed by atoms with van der Waals surface area (Å²) in [4.78, 5) is 16.0. The van der Waals surface area contributed by atoms with Crippen LogP contribution in [-0.2, 0) is 9.53 Å².